The van der Waals surface area contributed by atoms with Gasteiger partial charge in [0.15, 0.2) is 6.04 Å². The summed E-state index contributed by atoms with van der Waals surface area (Å²) in [6.45, 7) is 1.58. The summed E-state index contributed by atoms with van der Waals surface area (Å²) in [6, 6.07) is 7.56. The van der Waals surface area contributed by atoms with Gasteiger partial charge in [-0.15, -0.1) is 0 Å². The topological polar surface area (TPSA) is 112 Å². The number of esters is 1. The molecule has 10 heteroatoms. The first-order valence-corrected chi connectivity index (χ1v) is 9.76. The molecule has 0 bridgehead atoms. The Labute approximate surface area is 173 Å². The van der Waals surface area contributed by atoms with Crippen LogP contribution in [0.2, 0.25) is 0 Å². The van der Waals surface area contributed by atoms with Crippen molar-refractivity contribution in [2.75, 3.05) is 13.2 Å². The van der Waals surface area contributed by atoms with Gasteiger partial charge in [-0.25, -0.2) is 4.79 Å². The number of alkyl halides is 3. The van der Waals surface area contributed by atoms with E-state index in [-0.39, 0.29) is 32.4 Å². The first kappa shape index (κ1) is 25.4. The Hall–Kier alpha value is -2.62. The van der Waals surface area contributed by atoms with E-state index in [0.29, 0.717) is 12.8 Å². The van der Waals surface area contributed by atoms with Crippen molar-refractivity contribution >= 4 is 17.8 Å². The minimum absolute atomic E-state index is 0.0749. The number of nitrogens with two attached hydrogens (primary N) is 1. The van der Waals surface area contributed by atoms with Crippen LogP contribution in [0.25, 0.3) is 0 Å². The number of carboxylic acid groups (broad SMARTS) is 1. The van der Waals surface area contributed by atoms with Crippen LogP contribution in [0.15, 0.2) is 30.3 Å². The number of amides is 1. The summed E-state index contributed by atoms with van der Waals surface area (Å²) in [5.74, 6) is -3.94. The number of hydrogen-bond donors (Lipinski definition) is 2. The molecule has 1 aromatic rings. The number of aryl methyl sites for hydroxylation is 1. The second-order valence-corrected chi connectivity index (χ2v) is 6.75. The van der Waals surface area contributed by atoms with Gasteiger partial charge in [-0.05, 0) is 31.7 Å². The van der Waals surface area contributed by atoms with E-state index in [1.807, 2.05) is 30.3 Å². The number of rotatable bonds is 13. The maximum atomic E-state index is 12.2. The Kier molecular flexibility index (Phi) is 10.9. The summed E-state index contributed by atoms with van der Waals surface area (Å²) in [4.78, 5) is 34.5. The zero-order valence-electron chi connectivity index (χ0n) is 16.7. The zero-order chi connectivity index (χ0) is 22.6. The number of ether oxygens (including phenoxy) is 1. The number of unbranched alkanes of at least 4 members (excludes halogenated alkanes) is 1. The van der Waals surface area contributed by atoms with Crippen molar-refractivity contribution in [1.29, 1.82) is 0 Å². The molecule has 0 unspecified atom stereocenters. The summed E-state index contributed by atoms with van der Waals surface area (Å²) >= 11 is 0. The molecule has 0 fully saturated rings. The molecule has 1 rings (SSSR count). The van der Waals surface area contributed by atoms with Crippen molar-refractivity contribution in [2.24, 2.45) is 0 Å². The van der Waals surface area contributed by atoms with Crippen LogP contribution in [0.4, 0.5) is 13.2 Å². The van der Waals surface area contributed by atoms with E-state index in [0.717, 1.165) is 5.56 Å². The Bertz CT molecular complexity index is 683. The van der Waals surface area contributed by atoms with Crippen molar-refractivity contribution in [3.05, 3.63) is 35.9 Å². The molecule has 2 atom stereocenters. The van der Waals surface area contributed by atoms with Crippen LogP contribution < -0.4 is 15.7 Å². The van der Waals surface area contributed by atoms with Crippen LogP contribution in [0.5, 0.6) is 0 Å². The van der Waals surface area contributed by atoms with Gasteiger partial charge < -0.3 is 25.3 Å². The highest BCUT2D eigenvalue weighted by molar-refractivity contribution is 5.81. The highest BCUT2D eigenvalue weighted by atomic mass is 19.4. The predicted molar refractivity (Wildman–Crippen MR) is 98.8 cm³/mol. The molecule has 0 aliphatic rings. The number of carbonyl (C=O) groups excluding carboxylic acids is 3. The van der Waals surface area contributed by atoms with Gasteiger partial charge >= 0.3 is 18.1 Å². The number of hydrogen-bond acceptors (Lipinski definition) is 5. The minimum Gasteiger partial charge on any atom is -0.544 e. The molecule has 0 aliphatic carbocycles. The van der Waals surface area contributed by atoms with Crippen LogP contribution in [0.3, 0.4) is 0 Å². The van der Waals surface area contributed by atoms with Gasteiger partial charge in [0.1, 0.15) is 6.04 Å². The van der Waals surface area contributed by atoms with Crippen molar-refractivity contribution in [3.8, 4) is 0 Å². The van der Waals surface area contributed by atoms with Crippen LogP contribution in [0.1, 0.15) is 38.2 Å². The molecule has 3 N–H and O–H groups in total. The number of carboxylic acids is 1. The summed E-state index contributed by atoms with van der Waals surface area (Å²) in [6.07, 6.45) is -3.58. The van der Waals surface area contributed by atoms with Gasteiger partial charge in [-0.1, -0.05) is 30.3 Å². The molecule has 0 radical (unpaired) electrons. The number of benzene rings is 1. The Morgan fingerprint density at radius 2 is 1.77 bits per heavy atom. The first-order valence-electron chi connectivity index (χ1n) is 9.76. The van der Waals surface area contributed by atoms with Gasteiger partial charge in [0.05, 0.1) is 12.6 Å². The molecular weight excluding hydrogens is 405 g/mol. The smallest absolute Gasteiger partial charge is 0.471 e. The summed E-state index contributed by atoms with van der Waals surface area (Å²) in [5.41, 5.74) is 0.991. The van der Waals surface area contributed by atoms with Crippen molar-refractivity contribution < 1.29 is 42.7 Å². The van der Waals surface area contributed by atoms with Crippen molar-refractivity contribution in [2.45, 2.75) is 57.3 Å². The molecule has 0 saturated heterocycles. The van der Waals surface area contributed by atoms with Gasteiger partial charge in [-0.2, -0.15) is 13.2 Å². The quantitative estimate of drug-likeness (QED) is 0.339. The SMILES string of the molecule is CCOC(=O)[C@@H](CCc1ccccc1)[NH2+][C@@H](CCCCNC(=O)C(F)(F)F)C(=O)[O-]. The van der Waals surface area contributed by atoms with Gasteiger partial charge in [0, 0.05) is 19.4 Å². The minimum atomic E-state index is -4.95. The molecule has 0 aromatic heterocycles. The summed E-state index contributed by atoms with van der Waals surface area (Å²) in [7, 11) is 0. The molecule has 0 heterocycles. The average molecular weight is 432 g/mol. The second kappa shape index (κ2) is 12.8. The standard InChI is InChI=1S/C20H27F3N2O5/c1-2-30-18(28)16(12-11-14-8-4-3-5-9-14)25-15(17(26)27)10-6-7-13-24-19(29)20(21,22)23/h3-5,8-9,15-16,25H,2,6-7,10-13H2,1H3,(H,24,29)(H,26,27)/t15-,16+/m0/s1. The molecule has 168 valence electrons. The van der Waals surface area contributed by atoms with Gasteiger partial charge in [-0.3, -0.25) is 4.79 Å². The van der Waals surface area contributed by atoms with E-state index in [1.165, 1.54) is 5.32 Å². The number of carbonyl (C=O) groups is 3. The van der Waals surface area contributed by atoms with Gasteiger partial charge in [0.25, 0.3) is 0 Å². The monoisotopic (exact) mass is 432 g/mol. The Morgan fingerprint density at radius 3 is 2.33 bits per heavy atom. The lowest BCUT2D eigenvalue weighted by Gasteiger charge is -2.22. The fourth-order valence-corrected chi connectivity index (χ4v) is 2.87. The van der Waals surface area contributed by atoms with E-state index in [1.54, 1.807) is 12.2 Å². The fourth-order valence-electron chi connectivity index (χ4n) is 2.87. The lowest BCUT2D eigenvalue weighted by Crippen LogP contribution is -2.99. The molecule has 30 heavy (non-hydrogen) atoms. The lowest BCUT2D eigenvalue weighted by atomic mass is 10.0. The fraction of sp³-hybridized carbons (Fsp3) is 0.550. The third kappa shape index (κ3) is 9.73. The maximum Gasteiger partial charge on any atom is 0.471 e. The van der Waals surface area contributed by atoms with Crippen LogP contribution in [-0.4, -0.2) is 49.3 Å². The second-order valence-electron chi connectivity index (χ2n) is 6.75. The first-order chi connectivity index (χ1) is 14.1. The van der Waals surface area contributed by atoms with E-state index >= 15 is 0 Å². The molecule has 1 amide bonds. The zero-order valence-corrected chi connectivity index (χ0v) is 16.7. The maximum absolute atomic E-state index is 12.2. The number of nitrogens with one attached hydrogen (secondary N) is 1. The lowest BCUT2D eigenvalue weighted by molar-refractivity contribution is -0.706. The average Bonchev–Trinajstić information content (AvgIpc) is 2.69. The molecular formula is C20H27F3N2O5. The Balaban J connectivity index is 2.57. The predicted octanol–water partition coefficient (Wildman–Crippen LogP) is 0.0816. The van der Waals surface area contributed by atoms with Gasteiger partial charge in [0.2, 0.25) is 0 Å². The van der Waals surface area contributed by atoms with Crippen molar-refractivity contribution in [3.63, 3.8) is 0 Å². The number of quaternary nitrogens is 1. The number of aliphatic carboxylic acids is 1. The number of halogens is 3. The molecule has 0 spiro atoms. The molecule has 0 saturated carbocycles. The van der Waals surface area contributed by atoms with Crippen LogP contribution in [-0.2, 0) is 25.5 Å². The van der Waals surface area contributed by atoms with E-state index < -0.39 is 36.1 Å². The third-order valence-corrected chi connectivity index (χ3v) is 4.43. The van der Waals surface area contributed by atoms with Crippen molar-refractivity contribution in [1.82, 2.24) is 5.32 Å². The van der Waals surface area contributed by atoms with Crippen LogP contribution in [0, 0.1) is 0 Å². The summed E-state index contributed by atoms with van der Waals surface area (Å²) < 4.78 is 41.4. The molecule has 7 nitrogen and oxygen atoms in total. The summed E-state index contributed by atoms with van der Waals surface area (Å²) in [5, 5.41) is 14.6. The van der Waals surface area contributed by atoms with E-state index in [2.05, 4.69) is 0 Å². The largest absolute Gasteiger partial charge is 0.544 e. The molecule has 0 aliphatic heterocycles. The highest BCUT2D eigenvalue weighted by Gasteiger charge is 2.38. The highest BCUT2D eigenvalue weighted by Crippen LogP contribution is 2.14. The van der Waals surface area contributed by atoms with E-state index in [9.17, 15) is 32.7 Å². The van der Waals surface area contributed by atoms with Crippen LogP contribution >= 0.6 is 0 Å². The normalized spacial score (nSPS) is 13.3. The molecule has 1 aromatic carbocycles. The third-order valence-electron chi connectivity index (χ3n) is 4.43. The van der Waals surface area contributed by atoms with E-state index in [4.69, 9.17) is 4.74 Å². The Morgan fingerprint density at radius 1 is 1.10 bits per heavy atom.